The van der Waals surface area contributed by atoms with Crippen LogP contribution in [0.1, 0.15) is 18.4 Å². The second-order valence-electron chi connectivity index (χ2n) is 5.36. The van der Waals surface area contributed by atoms with Crippen molar-refractivity contribution in [3.05, 3.63) is 29.8 Å². The molecule has 0 bridgehead atoms. The Morgan fingerprint density at radius 1 is 1.33 bits per heavy atom. The molecular weight excluding hydrogens is 288 g/mol. The molecule has 21 heavy (non-hydrogen) atoms. The highest BCUT2D eigenvalue weighted by Crippen LogP contribution is 2.22. The van der Waals surface area contributed by atoms with E-state index in [0.29, 0.717) is 18.0 Å². The average Bonchev–Trinajstić information content (AvgIpc) is 2.98. The number of methoxy groups -OCH3 is 1. The van der Waals surface area contributed by atoms with Crippen LogP contribution in [-0.4, -0.2) is 52.6 Å². The van der Waals surface area contributed by atoms with Crippen LogP contribution in [0.3, 0.4) is 0 Å². The number of nitrogens with one attached hydrogen (secondary N) is 1. The average molecular weight is 312 g/mol. The van der Waals surface area contributed by atoms with Gasteiger partial charge in [0.1, 0.15) is 0 Å². The van der Waals surface area contributed by atoms with Crippen molar-refractivity contribution in [2.75, 3.05) is 33.8 Å². The Morgan fingerprint density at radius 3 is 2.62 bits per heavy atom. The molecule has 1 atom stereocenters. The fourth-order valence-corrected chi connectivity index (χ4v) is 4.04. The van der Waals surface area contributed by atoms with Crippen molar-refractivity contribution in [3.63, 3.8) is 0 Å². The highest BCUT2D eigenvalue weighted by atomic mass is 32.2. The topological polar surface area (TPSA) is 58.6 Å². The molecule has 1 aromatic rings. The number of hydrogen-bond donors (Lipinski definition) is 1. The smallest absolute Gasteiger partial charge is 0.243 e. The number of aryl methyl sites for hydroxylation is 1. The van der Waals surface area contributed by atoms with Crippen LogP contribution in [0.4, 0.5) is 0 Å². The zero-order valence-electron chi connectivity index (χ0n) is 12.7. The van der Waals surface area contributed by atoms with Crippen molar-refractivity contribution in [1.29, 1.82) is 0 Å². The van der Waals surface area contributed by atoms with Gasteiger partial charge in [-0.15, -0.1) is 0 Å². The predicted octanol–water partition coefficient (Wildman–Crippen LogP) is 1.25. The van der Waals surface area contributed by atoms with Gasteiger partial charge in [0, 0.05) is 20.2 Å². The summed E-state index contributed by atoms with van der Waals surface area (Å²) in [5.74, 6) is 0. The van der Waals surface area contributed by atoms with Gasteiger partial charge in [-0.25, -0.2) is 8.42 Å². The summed E-state index contributed by atoms with van der Waals surface area (Å²) in [5.41, 5.74) is 1.17. The van der Waals surface area contributed by atoms with E-state index in [1.165, 1.54) is 9.87 Å². The summed E-state index contributed by atoms with van der Waals surface area (Å²) < 4.78 is 31.8. The van der Waals surface area contributed by atoms with Gasteiger partial charge in [0.15, 0.2) is 0 Å². The van der Waals surface area contributed by atoms with E-state index in [1.54, 1.807) is 19.2 Å². The second-order valence-corrected chi connectivity index (χ2v) is 7.30. The molecule has 1 aromatic carbocycles. The third-order valence-electron chi connectivity index (χ3n) is 3.89. The van der Waals surface area contributed by atoms with Crippen LogP contribution in [0.5, 0.6) is 0 Å². The number of sulfonamides is 1. The lowest BCUT2D eigenvalue weighted by molar-refractivity contribution is 0.115. The third-order valence-corrected chi connectivity index (χ3v) is 5.77. The Morgan fingerprint density at radius 2 is 2.05 bits per heavy atom. The van der Waals surface area contributed by atoms with Gasteiger partial charge in [-0.2, -0.15) is 4.31 Å². The van der Waals surface area contributed by atoms with Gasteiger partial charge in [-0.1, -0.05) is 12.1 Å². The Balaban J connectivity index is 2.03. The minimum absolute atomic E-state index is 0.0144. The molecule has 1 aliphatic heterocycles. The summed E-state index contributed by atoms with van der Waals surface area (Å²) in [4.78, 5) is 0.372. The first kappa shape index (κ1) is 16.4. The Hall–Kier alpha value is -0.950. The number of nitrogens with zero attached hydrogens (tertiary/aromatic N) is 1. The highest BCUT2D eigenvalue weighted by Gasteiger charge is 2.32. The maximum Gasteiger partial charge on any atom is 0.243 e. The Kier molecular flexibility index (Phi) is 5.75. The van der Waals surface area contributed by atoms with Gasteiger partial charge in [-0.05, 0) is 50.6 Å². The molecule has 0 spiro atoms. The molecule has 1 N–H and O–H groups in total. The van der Waals surface area contributed by atoms with Gasteiger partial charge in [0.25, 0.3) is 0 Å². The van der Waals surface area contributed by atoms with Crippen LogP contribution in [-0.2, 0) is 21.2 Å². The maximum absolute atomic E-state index is 12.5. The molecule has 0 saturated carbocycles. The van der Waals surface area contributed by atoms with Gasteiger partial charge in [0.2, 0.25) is 10.0 Å². The van der Waals surface area contributed by atoms with E-state index in [4.69, 9.17) is 4.74 Å². The minimum atomic E-state index is -3.38. The third kappa shape index (κ3) is 4.03. The van der Waals surface area contributed by atoms with Gasteiger partial charge in [0.05, 0.1) is 11.0 Å². The second kappa shape index (κ2) is 7.35. The first-order valence-corrected chi connectivity index (χ1v) is 8.78. The SMILES string of the molecule is CNCCCc1ccc(S(=O)(=O)N2CCC(OC)C2)cc1. The van der Waals surface area contributed by atoms with E-state index in [2.05, 4.69) is 5.32 Å². The Labute approximate surface area is 127 Å². The summed E-state index contributed by atoms with van der Waals surface area (Å²) >= 11 is 0. The summed E-state index contributed by atoms with van der Waals surface area (Å²) in [6.07, 6.45) is 2.78. The van der Waals surface area contributed by atoms with Crippen molar-refractivity contribution >= 4 is 10.0 Å². The standard InChI is InChI=1S/C15H24N2O3S/c1-16-10-3-4-13-5-7-15(8-6-13)21(18,19)17-11-9-14(12-17)20-2/h5-8,14,16H,3-4,9-12H2,1-2H3. The van der Waals surface area contributed by atoms with Crippen molar-refractivity contribution < 1.29 is 13.2 Å². The summed E-state index contributed by atoms with van der Waals surface area (Å²) in [6.45, 7) is 1.94. The van der Waals surface area contributed by atoms with E-state index in [9.17, 15) is 8.42 Å². The van der Waals surface area contributed by atoms with Crippen LogP contribution in [0.15, 0.2) is 29.2 Å². The predicted molar refractivity (Wildman–Crippen MR) is 82.9 cm³/mol. The molecule has 1 aliphatic rings. The van der Waals surface area contributed by atoms with Gasteiger partial charge in [-0.3, -0.25) is 0 Å². The lowest BCUT2D eigenvalue weighted by Crippen LogP contribution is -2.30. The fourth-order valence-electron chi connectivity index (χ4n) is 2.55. The normalized spacial score (nSPS) is 20.0. The molecule has 2 rings (SSSR count). The lowest BCUT2D eigenvalue weighted by Gasteiger charge is -2.16. The Bertz CT molecular complexity index is 543. The number of benzene rings is 1. The molecule has 0 aliphatic carbocycles. The van der Waals surface area contributed by atoms with Crippen LogP contribution >= 0.6 is 0 Å². The van der Waals surface area contributed by atoms with Crippen LogP contribution in [0.25, 0.3) is 0 Å². The van der Waals surface area contributed by atoms with E-state index in [1.807, 2.05) is 19.2 Å². The molecule has 1 saturated heterocycles. The summed E-state index contributed by atoms with van der Waals surface area (Å²) in [5, 5.41) is 3.11. The monoisotopic (exact) mass is 312 g/mol. The van der Waals surface area contributed by atoms with Crippen molar-refractivity contribution in [1.82, 2.24) is 9.62 Å². The summed E-state index contributed by atoms with van der Waals surface area (Å²) in [7, 11) is 0.173. The zero-order valence-corrected chi connectivity index (χ0v) is 13.5. The van der Waals surface area contributed by atoms with Crippen molar-refractivity contribution in [2.45, 2.75) is 30.3 Å². The highest BCUT2D eigenvalue weighted by molar-refractivity contribution is 7.89. The van der Waals surface area contributed by atoms with Gasteiger partial charge < -0.3 is 10.1 Å². The quantitative estimate of drug-likeness (QED) is 0.770. The largest absolute Gasteiger partial charge is 0.380 e. The van der Waals surface area contributed by atoms with Crippen molar-refractivity contribution in [3.8, 4) is 0 Å². The molecule has 0 aromatic heterocycles. The molecule has 118 valence electrons. The minimum Gasteiger partial charge on any atom is -0.380 e. The molecule has 6 heteroatoms. The first-order chi connectivity index (χ1) is 10.1. The van der Waals surface area contributed by atoms with E-state index in [0.717, 1.165) is 25.8 Å². The summed E-state index contributed by atoms with van der Waals surface area (Å²) in [6, 6.07) is 7.24. The van der Waals surface area contributed by atoms with Crippen LogP contribution < -0.4 is 5.32 Å². The molecule has 1 heterocycles. The van der Waals surface area contributed by atoms with Crippen molar-refractivity contribution in [2.24, 2.45) is 0 Å². The van der Waals surface area contributed by atoms with Crippen LogP contribution in [0, 0.1) is 0 Å². The van der Waals surface area contributed by atoms with Crippen LogP contribution in [0.2, 0.25) is 0 Å². The maximum atomic E-state index is 12.5. The first-order valence-electron chi connectivity index (χ1n) is 7.34. The molecule has 0 amide bonds. The van der Waals surface area contributed by atoms with Gasteiger partial charge >= 0.3 is 0 Å². The molecule has 1 unspecified atom stereocenters. The number of rotatable bonds is 7. The molecular formula is C15H24N2O3S. The van der Waals surface area contributed by atoms with E-state index in [-0.39, 0.29) is 6.10 Å². The number of hydrogen-bond acceptors (Lipinski definition) is 4. The molecule has 5 nitrogen and oxygen atoms in total. The number of ether oxygens (including phenoxy) is 1. The zero-order chi connectivity index (χ0) is 15.3. The molecule has 0 radical (unpaired) electrons. The van der Waals surface area contributed by atoms with E-state index >= 15 is 0 Å². The lowest BCUT2D eigenvalue weighted by atomic mass is 10.1. The molecule has 1 fully saturated rings. The fraction of sp³-hybridized carbons (Fsp3) is 0.600. The van der Waals surface area contributed by atoms with E-state index < -0.39 is 10.0 Å².